The van der Waals surface area contributed by atoms with Crippen LogP contribution in [0.4, 0.5) is 0 Å². The lowest BCUT2D eigenvalue weighted by molar-refractivity contribution is 0.0586. The molecule has 1 rings (SSSR count). The van der Waals surface area contributed by atoms with E-state index in [4.69, 9.17) is 4.74 Å². The van der Waals surface area contributed by atoms with E-state index in [-0.39, 0.29) is 0 Å². The van der Waals surface area contributed by atoms with Gasteiger partial charge >= 0.3 is 0 Å². The molecule has 0 aliphatic carbocycles. The molecule has 1 atom stereocenters. The lowest BCUT2D eigenvalue weighted by Crippen LogP contribution is -2.47. The molecule has 0 aromatic carbocycles. The Bertz CT molecular complexity index is 262. The molecule has 1 heterocycles. The molecule has 1 aliphatic heterocycles. The molecule has 1 unspecified atom stereocenters. The van der Waals surface area contributed by atoms with E-state index in [0.29, 0.717) is 5.41 Å². The van der Waals surface area contributed by atoms with Crippen molar-refractivity contribution in [1.29, 1.82) is 0 Å². The molecule has 0 saturated carbocycles. The fourth-order valence-electron chi connectivity index (χ4n) is 3.55. The van der Waals surface area contributed by atoms with Crippen molar-refractivity contribution in [3.05, 3.63) is 0 Å². The molecule has 21 heavy (non-hydrogen) atoms. The Hall–Kier alpha value is -0.120. The van der Waals surface area contributed by atoms with Crippen LogP contribution in [0.1, 0.15) is 53.4 Å². The summed E-state index contributed by atoms with van der Waals surface area (Å²) < 4.78 is 5.36. The van der Waals surface area contributed by atoms with E-state index < -0.39 is 0 Å². The first-order valence-corrected chi connectivity index (χ1v) is 8.97. The molecular weight excluding hydrogens is 260 g/mol. The molecule has 126 valence electrons. The zero-order valence-corrected chi connectivity index (χ0v) is 15.1. The summed E-state index contributed by atoms with van der Waals surface area (Å²) in [4.78, 5) is 2.69. The molecular formula is C18H38N2O. The average molecular weight is 299 g/mol. The van der Waals surface area contributed by atoms with Crippen molar-refractivity contribution >= 4 is 0 Å². The number of methoxy groups -OCH3 is 1. The summed E-state index contributed by atoms with van der Waals surface area (Å²) in [6.07, 6.45) is 5.19. The molecule has 1 aliphatic rings. The molecule has 0 aromatic heterocycles. The normalized spacial score (nSPS) is 21.1. The van der Waals surface area contributed by atoms with Gasteiger partial charge in [0.05, 0.1) is 6.61 Å². The highest BCUT2D eigenvalue weighted by molar-refractivity contribution is 4.85. The number of ether oxygens (including phenoxy) is 1. The monoisotopic (exact) mass is 298 g/mol. The van der Waals surface area contributed by atoms with Crippen LogP contribution < -0.4 is 5.32 Å². The zero-order valence-electron chi connectivity index (χ0n) is 15.1. The topological polar surface area (TPSA) is 24.5 Å². The van der Waals surface area contributed by atoms with Gasteiger partial charge in [0, 0.05) is 26.7 Å². The van der Waals surface area contributed by atoms with Crippen LogP contribution in [-0.2, 0) is 4.74 Å². The van der Waals surface area contributed by atoms with Crippen molar-refractivity contribution in [3.8, 4) is 0 Å². The second kappa shape index (κ2) is 9.81. The predicted octanol–water partition coefficient (Wildman–Crippen LogP) is 3.40. The smallest absolute Gasteiger partial charge is 0.0502 e. The average Bonchev–Trinajstić information content (AvgIpc) is 2.46. The first kappa shape index (κ1) is 18.9. The van der Waals surface area contributed by atoms with E-state index in [2.05, 4.69) is 37.9 Å². The lowest BCUT2D eigenvalue weighted by Gasteiger charge is -2.41. The second-order valence-corrected chi connectivity index (χ2v) is 7.43. The van der Waals surface area contributed by atoms with Gasteiger partial charge in [-0.05, 0) is 56.0 Å². The third-order valence-corrected chi connectivity index (χ3v) is 5.12. The Balaban J connectivity index is 2.51. The molecule has 0 aromatic rings. The van der Waals surface area contributed by atoms with Gasteiger partial charge in [0.15, 0.2) is 0 Å². The Morgan fingerprint density at radius 1 is 1.29 bits per heavy atom. The largest absolute Gasteiger partial charge is 0.384 e. The fraction of sp³-hybridized carbons (Fsp3) is 1.00. The highest BCUT2D eigenvalue weighted by atomic mass is 16.5. The van der Waals surface area contributed by atoms with Crippen LogP contribution in [0.3, 0.4) is 0 Å². The molecule has 1 fully saturated rings. The summed E-state index contributed by atoms with van der Waals surface area (Å²) in [6, 6.07) is 0. The predicted molar refractivity (Wildman–Crippen MR) is 91.8 cm³/mol. The Kier molecular flexibility index (Phi) is 8.84. The third-order valence-electron chi connectivity index (χ3n) is 5.12. The summed E-state index contributed by atoms with van der Waals surface area (Å²) in [5.41, 5.74) is 0.434. The maximum atomic E-state index is 5.36. The molecule has 3 nitrogen and oxygen atoms in total. The van der Waals surface area contributed by atoms with Gasteiger partial charge < -0.3 is 15.0 Å². The van der Waals surface area contributed by atoms with E-state index in [1.807, 2.05) is 7.11 Å². The van der Waals surface area contributed by atoms with Gasteiger partial charge in [0.25, 0.3) is 0 Å². The summed E-state index contributed by atoms with van der Waals surface area (Å²) in [5, 5.41) is 3.70. The minimum absolute atomic E-state index is 0.434. The summed E-state index contributed by atoms with van der Waals surface area (Å²) in [6.45, 7) is 16.2. The Labute approximate surface area is 132 Å². The summed E-state index contributed by atoms with van der Waals surface area (Å²) in [5.74, 6) is 1.47. The van der Waals surface area contributed by atoms with Crippen LogP contribution in [0.5, 0.6) is 0 Å². The van der Waals surface area contributed by atoms with Gasteiger partial charge in [-0.15, -0.1) is 0 Å². The highest BCUT2D eigenvalue weighted by Gasteiger charge is 2.30. The van der Waals surface area contributed by atoms with Crippen LogP contribution in [0.25, 0.3) is 0 Å². The Morgan fingerprint density at radius 3 is 2.57 bits per heavy atom. The summed E-state index contributed by atoms with van der Waals surface area (Å²) in [7, 11) is 1.83. The molecule has 0 radical (unpaired) electrons. The highest BCUT2D eigenvalue weighted by Crippen LogP contribution is 2.29. The molecule has 0 amide bonds. The molecule has 1 saturated heterocycles. The fourth-order valence-corrected chi connectivity index (χ4v) is 3.55. The molecule has 0 bridgehead atoms. The van der Waals surface area contributed by atoms with Gasteiger partial charge in [0.1, 0.15) is 0 Å². The number of rotatable bonds is 10. The van der Waals surface area contributed by atoms with Crippen LogP contribution >= 0.6 is 0 Å². The SMILES string of the molecule is CCC(CC)(CNCC(C)C)CN1CCCC(COC)C1. The maximum Gasteiger partial charge on any atom is 0.0502 e. The number of likely N-dealkylation sites (tertiary alicyclic amines) is 1. The third kappa shape index (κ3) is 6.66. The number of hydrogen-bond donors (Lipinski definition) is 1. The maximum absolute atomic E-state index is 5.36. The van der Waals surface area contributed by atoms with Crippen LogP contribution in [0.2, 0.25) is 0 Å². The first-order chi connectivity index (χ1) is 10.0. The van der Waals surface area contributed by atoms with Crippen molar-refractivity contribution < 1.29 is 4.74 Å². The van der Waals surface area contributed by atoms with Gasteiger partial charge in [-0.2, -0.15) is 0 Å². The van der Waals surface area contributed by atoms with Crippen molar-refractivity contribution in [2.75, 3.05) is 46.4 Å². The van der Waals surface area contributed by atoms with Crippen molar-refractivity contribution in [2.45, 2.75) is 53.4 Å². The number of piperidine rings is 1. The van der Waals surface area contributed by atoms with E-state index in [1.54, 1.807) is 0 Å². The standard InChI is InChI=1S/C18H38N2O/c1-6-18(7-2,14-19-11-16(3)4)15-20-10-8-9-17(12-20)13-21-5/h16-17,19H,6-15H2,1-5H3. The van der Waals surface area contributed by atoms with Gasteiger partial charge in [-0.1, -0.05) is 27.7 Å². The number of nitrogens with zero attached hydrogens (tertiary/aromatic N) is 1. The first-order valence-electron chi connectivity index (χ1n) is 8.97. The van der Waals surface area contributed by atoms with Crippen LogP contribution in [0, 0.1) is 17.3 Å². The second-order valence-electron chi connectivity index (χ2n) is 7.43. The van der Waals surface area contributed by atoms with E-state index >= 15 is 0 Å². The van der Waals surface area contributed by atoms with Crippen LogP contribution in [0.15, 0.2) is 0 Å². The van der Waals surface area contributed by atoms with Gasteiger partial charge in [0.2, 0.25) is 0 Å². The minimum Gasteiger partial charge on any atom is -0.384 e. The molecule has 0 spiro atoms. The molecule has 3 heteroatoms. The summed E-state index contributed by atoms with van der Waals surface area (Å²) >= 11 is 0. The van der Waals surface area contributed by atoms with Crippen molar-refractivity contribution in [3.63, 3.8) is 0 Å². The minimum atomic E-state index is 0.434. The number of hydrogen-bond acceptors (Lipinski definition) is 3. The number of nitrogens with one attached hydrogen (secondary N) is 1. The lowest BCUT2D eigenvalue weighted by atomic mass is 9.80. The van der Waals surface area contributed by atoms with E-state index in [1.165, 1.54) is 45.3 Å². The van der Waals surface area contributed by atoms with Crippen molar-refractivity contribution in [1.82, 2.24) is 10.2 Å². The Morgan fingerprint density at radius 2 is 2.00 bits per heavy atom. The zero-order chi connectivity index (χ0) is 15.7. The quantitative estimate of drug-likeness (QED) is 0.669. The van der Waals surface area contributed by atoms with E-state index in [0.717, 1.165) is 31.5 Å². The van der Waals surface area contributed by atoms with Gasteiger partial charge in [-0.3, -0.25) is 0 Å². The van der Waals surface area contributed by atoms with E-state index in [9.17, 15) is 0 Å². The van der Waals surface area contributed by atoms with Gasteiger partial charge in [-0.25, -0.2) is 0 Å². The van der Waals surface area contributed by atoms with Crippen molar-refractivity contribution in [2.24, 2.45) is 17.3 Å². The molecule has 1 N–H and O–H groups in total. The van der Waals surface area contributed by atoms with Crippen LogP contribution in [-0.4, -0.2) is 51.3 Å².